The number of nitrogens with one attached hydrogen (secondary N) is 1. The topological polar surface area (TPSA) is 71.1 Å². The lowest BCUT2D eigenvalue weighted by Crippen LogP contribution is -2.49. The van der Waals surface area contributed by atoms with E-state index >= 15 is 0 Å². The van der Waals surface area contributed by atoms with Crippen molar-refractivity contribution in [2.45, 2.75) is 13.0 Å². The smallest absolute Gasteiger partial charge is 0.232 e. The van der Waals surface area contributed by atoms with Crippen molar-refractivity contribution in [2.24, 2.45) is 0 Å². The standard InChI is InChI=1S/C22H27N3O4/c1-28-18-9-7-17(8-10-18)16-23-21(26)15-22(27)25-13-11-24(12-14-25)19-5-3-4-6-20(19)29-2/h3-10H,11-16H2,1-2H3,(H,23,26). The van der Waals surface area contributed by atoms with E-state index < -0.39 is 0 Å². The molecule has 1 N–H and O–H groups in total. The first-order chi connectivity index (χ1) is 14.1. The zero-order valence-electron chi connectivity index (χ0n) is 16.9. The van der Waals surface area contributed by atoms with Gasteiger partial charge in [-0.3, -0.25) is 9.59 Å². The molecule has 1 fully saturated rings. The highest BCUT2D eigenvalue weighted by Gasteiger charge is 2.24. The lowest BCUT2D eigenvalue weighted by atomic mass is 10.2. The first kappa shape index (κ1) is 20.5. The van der Waals surface area contributed by atoms with Gasteiger partial charge < -0.3 is 24.6 Å². The highest BCUT2D eigenvalue weighted by Crippen LogP contribution is 2.28. The number of hydrogen-bond acceptors (Lipinski definition) is 5. The predicted octanol–water partition coefficient (Wildman–Crippen LogP) is 2.06. The third-order valence-electron chi connectivity index (χ3n) is 5.02. The molecule has 7 nitrogen and oxygen atoms in total. The zero-order valence-corrected chi connectivity index (χ0v) is 16.9. The predicted molar refractivity (Wildman–Crippen MR) is 111 cm³/mol. The van der Waals surface area contributed by atoms with E-state index in [2.05, 4.69) is 10.2 Å². The molecule has 1 aliphatic heterocycles. The van der Waals surface area contributed by atoms with Crippen LogP contribution in [0.4, 0.5) is 5.69 Å². The van der Waals surface area contributed by atoms with Gasteiger partial charge in [0.2, 0.25) is 11.8 Å². The van der Waals surface area contributed by atoms with Gasteiger partial charge in [-0.15, -0.1) is 0 Å². The molecule has 3 rings (SSSR count). The van der Waals surface area contributed by atoms with Crippen LogP contribution in [0.2, 0.25) is 0 Å². The molecule has 0 bridgehead atoms. The third kappa shape index (κ3) is 5.40. The number of para-hydroxylation sites is 2. The Bertz CT molecular complexity index is 830. The molecular formula is C22H27N3O4. The van der Waals surface area contributed by atoms with Gasteiger partial charge >= 0.3 is 0 Å². The van der Waals surface area contributed by atoms with Gasteiger partial charge in [0, 0.05) is 32.7 Å². The summed E-state index contributed by atoms with van der Waals surface area (Å²) in [5.41, 5.74) is 1.98. The Kier molecular flexibility index (Phi) is 6.94. The van der Waals surface area contributed by atoms with E-state index in [1.807, 2.05) is 48.5 Å². The van der Waals surface area contributed by atoms with Gasteiger partial charge in [-0.1, -0.05) is 24.3 Å². The van der Waals surface area contributed by atoms with Gasteiger partial charge in [-0.2, -0.15) is 0 Å². The number of rotatable bonds is 7. The van der Waals surface area contributed by atoms with Crippen molar-refractivity contribution in [3.8, 4) is 11.5 Å². The van der Waals surface area contributed by atoms with Crippen LogP contribution in [0.5, 0.6) is 11.5 Å². The maximum Gasteiger partial charge on any atom is 0.232 e. The fourth-order valence-corrected chi connectivity index (χ4v) is 3.34. The lowest BCUT2D eigenvalue weighted by Gasteiger charge is -2.36. The summed E-state index contributed by atoms with van der Waals surface area (Å²) in [4.78, 5) is 28.6. The number of piperazine rings is 1. The van der Waals surface area contributed by atoms with Crippen molar-refractivity contribution in [1.29, 1.82) is 0 Å². The Morgan fingerprint density at radius 1 is 0.931 bits per heavy atom. The second kappa shape index (κ2) is 9.82. The normalized spacial score (nSPS) is 13.7. The summed E-state index contributed by atoms with van der Waals surface area (Å²) in [7, 11) is 3.27. The molecule has 0 spiro atoms. The number of benzene rings is 2. The lowest BCUT2D eigenvalue weighted by molar-refractivity contribution is -0.136. The molecule has 0 atom stereocenters. The summed E-state index contributed by atoms with van der Waals surface area (Å²) in [6.45, 7) is 2.97. The van der Waals surface area contributed by atoms with E-state index in [-0.39, 0.29) is 18.2 Å². The molecular weight excluding hydrogens is 370 g/mol. The summed E-state index contributed by atoms with van der Waals surface area (Å²) in [6, 6.07) is 15.3. The molecule has 1 heterocycles. The Balaban J connectivity index is 1.44. The second-order valence-corrected chi connectivity index (χ2v) is 6.84. The van der Waals surface area contributed by atoms with Gasteiger partial charge in [0.25, 0.3) is 0 Å². The average Bonchev–Trinajstić information content (AvgIpc) is 2.78. The van der Waals surface area contributed by atoms with Crippen molar-refractivity contribution in [1.82, 2.24) is 10.2 Å². The summed E-state index contributed by atoms with van der Waals surface area (Å²) >= 11 is 0. The van der Waals surface area contributed by atoms with E-state index in [0.717, 1.165) is 22.7 Å². The number of ether oxygens (including phenoxy) is 2. The summed E-state index contributed by atoms with van der Waals surface area (Å²) < 4.78 is 10.5. The minimum absolute atomic E-state index is 0.134. The molecule has 154 valence electrons. The van der Waals surface area contributed by atoms with Gasteiger partial charge in [0.05, 0.1) is 19.9 Å². The van der Waals surface area contributed by atoms with Crippen LogP contribution in [0.25, 0.3) is 0 Å². The number of carbonyl (C=O) groups is 2. The number of carbonyl (C=O) groups excluding carboxylic acids is 2. The number of amides is 2. The van der Waals surface area contributed by atoms with E-state index in [1.54, 1.807) is 19.1 Å². The molecule has 7 heteroatoms. The Morgan fingerprint density at radius 2 is 1.62 bits per heavy atom. The van der Waals surface area contributed by atoms with Crippen molar-refractivity contribution < 1.29 is 19.1 Å². The molecule has 2 aromatic rings. The van der Waals surface area contributed by atoms with Crippen LogP contribution in [0, 0.1) is 0 Å². The maximum atomic E-state index is 12.5. The van der Waals surface area contributed by atoms with Crippen LogP contribution < -0.4 is 19.7 Å². The highest BCUT2D eigenvalue weighted by atomic mass is 16.5. The van der Waals surface area contributed by atoms with Crippen LogP contribution in [0.3, 0.4) is 0 Å². The molecule has 2 aromatic carbocycles. The number of anilines is 1. The zero-order chi connectivity index (χ0) is 20.6. The quantitative estimate of drug-likeness (QED) is 0.724. The summed E-state index contributed by atoms with van der Waals surface area (Å²) in [5.74, 6) is 1.18. The molecule has 0 aromatic heterocycles. The molecule has 29 heavy (non-hydrogen) atoms. The van der Waals surface area contributed by atoms with Gasteiger partial charge in [-0.05, 0) is 29.8 Å². The van der Waals surface area contributed by atoms with Gasteiger partial charge in [0.15, 0.2) is 0 Å². The fourth-order valence-electron chi connectivity index (χ4n) is 3.34. The van der Waals surface area contributed by atoms with E-state index in [0.29, 0.717) is 32.7 Å². The Morgan fingerprint density at radius 3 is 2.28 bits per heavy atom. The Labute approximate surface area is 171 Å². The average molecular weight is 397 g/mol. The van der Waals surface area contributed by atoms with Crippen LogP contribution >= 0.6 is 0 Å². The third-order valence-corrected chi connectivity index (χ3v) is 5.02. The van der Waals surface area contributed by atoms with Crippen molar-refractivity contribution in [3.05, 3.63) is 54.1 Å². The monoisotopic (exact) mass is 397 g/mol. The van der Waals surface area contributed by atoms with Crippen LogP contribution in [-0.2, 0) is 16.1 Å². The molecule has 2 amide bonds. The molecule has 1 aliphatic rings. The van der Waals surface area contributed by atoms with Crippen molar-refractivity contribution >= 4 is 17.5 Å². The summed E-state index contributed by atoms with van der Waals surface area (Å²) in [5, 5.41) is 2.80. The van der Waals surface area contributed by atoms with Crippen LogP contribution in [0.15, 0.2) is 48.5 Å². The number of nitrogens with zero attached hydrogens (tertiary/aromatic N) is 2. The van der Waals surface area contributed by atoms with Crippen LogP contribution in [0.1, 0.15) is 12.0 Å². The second-order valence-electron chi connectivity index (χ2n) is 6.84. The molecule has 0 unspecified atom stereocenters. The highest BCUT2D eigenvalue weighted by molar-refractivity contribution is 5.97. The minimum Gasteiger partial charge on any atom is -0.497 e. The minimum atomic E-state index is -0.266. The van der Waals surface area contributed by atoms with Crippen LogP contribution in [-0.4, -0.2) is 57.1 Å². The Hall–Kier alpha value is -3.22. The molecule has 0 radical (unpaired) electrons. The van der Waals surface area contributed by atoms with Crippen molar-refractivity contribution in [3.63, 3.8) is 0 Å². The first-order valence-corrected chi connectivity index (χ1v) is 9.66. The van der Waals surface area contributed by atoms with Gasteiger partial charge in [0.1, 0.15) is 17.9 Å². The molecule has 1 saturated heterocycles. The maximum absolute atomic E-state index is 12.5. The number of hydrogen-bond donors (Lipinski definition) is 1. The molecule has 0 aliphatic carbocycles. The van der Waals surface area contributed by atoms with Gasteiger partial charge in [-0.25, -0.2) is 0 Å². The fraction of sp³-hybridized carbons (Fsp3) is 0.364. The van der Waals surface area contributed by atoms with Crippen molar-refractivity contribution in [2.75, 3.05) is 45.3 Å². The largest absolute Gasteiger partial charge is 0.497 e. The molecule has 0 saturated carbocycles. The SMILES string of the molecule is COc1ccc(CNC(=O)CC(=O)N2CCN(c3ccccc3OC)CC2)cc1. The number of methoxy groups -OCH3 is 2. The summed E-state index contributed by atoms with van der Waals surface area (Å²) in [6.07, 6.45) is -0.134. The van der Waals surface area contributed by atoms with E-state index in [1.165, 1.54) is 0 Å². The van der Waals surface area contributed by atoms with E-state index in [4.69, 9.17) is 9.47 Å². The van der Waals surface area contributed by atoms with E-state index in [9.17, 15) is 9.59 Å². The first-order valence-electron chi connectivity index (χ1n) is 9.66.